The van der Waals surface area contributed by atoms with Gasteiger partial charge in [0.15, 0.2) is 0 Å². The van der Waals surface area contributed by atoms with E-state index in [9.17, 15) is 13.2 Å². The zero-order valence-electron chi connectivity index (χ0n) is 16.5. The average molecular weight is 487 g/mol. The molecule has 0 aliphatic carbocycles. The van der Waals surface area contributed by atoms with Gasteiger partial charge in [0.25, 0.3) is 0 Å². The summed E-state index contributed by atoms with van der Waals surface area (Å²) in [4.78, 5) is 13.0. The highest BCUT2D eigenvalue weighted by atomic mass is 79.9. The van der Waals surface area contributed by atoms with Crippen molar-refractivity contribution in [3.05, 3.63) is 101 Å². The summed E-state index contributed by atoms with van der Waals surface area (Å²) in [5.41, 5.74) is 1.85. The number of carbonyl (C=O) groups is 1. The van der Waals surface area contributed by atoms with Crippen molar-refractivity contribution in [2.75, 3.05) is 13.1 Å². The Morgan fingerprint density at radius 3 is 1.87 bits per heavy atom. The first-order valence-electron chi connectivity index (χ1n) is 9.57. The van der Waals surface area contributed by atoms with Gasteiger partial charge < -0.3 is 5.32 Å². The molecule has 1 amide bonds. The number of benzene rings is 3. The van der Waals surface area contributed by atoms with Gasteiger partial charge in [-0.3, -0.25) is 4.79 Å². The molecule has 0 atom stereocenters. The monoisotopic (exact) mass is 486 g/mol. The molecule has 7 heteroatoms. The second kappa shape index (κ2) is 10.0. The topological polar surface area (TPSA) is 66.5 Å². The Balaban J connectivity index is 1.81. The lowest BCUT2D eigenvalue weighted by atomic mass is 9.99. The van der Waals surface area contributed by atoms with Crippen LogP contribution < -0.4 is 5.32 Å². The number of hydrogen-bond acceptors (Lipinski definition) is 3. The first kappa shape index (κ1) is 22.2. The van der Waals surface area contributed by atoms with Crippen molar-refractivity contribution in [1.82, 2.24) is 9.62 Å². The molecule has 5 nitrogen and oxygen atoms in total. The maximum Gasteiger partial charge on any atom is 0.243 e. The lowest BCUT2D eigenvalue weighted by molar-refractivity contribution is -0.121. The van der Waals surface area contributed by atoms with Crippen molar-refractivity contribution in [3.8, 4) is 0 Å². The highest BCUT2D eigenvalue weighted by Gasteiger charge is 2.26. The minimum absolute atomic E-state index is 0.156. The molecule has 3 rings (SSSR count). The fraction of sp³-hybridized carbons (Fsp3) is 0.174. The number of hydrogen-bond donors (Lipinski definition) is 1. The molecule has 30 heavy (non-hydrogen) atoms. The maximum absolute atomic E-state index is 13.0. The second-order valence-corrected chi connectivity index (χ2v) is 9.56. The minimum Gasteiger partial charge on any atom is -0.344 e. The van der Waals surface area contributed by atoms with Gasteiger partial charge in [0.1, 0.15) is 0 Å². The SMILES string of the molecule is CCN(CC(=O)NC(c1ccccc1)c1ccccc1)S(=O)(=O)c1ccc(Br)cc1. The molecular formula is C23H23BrN2O3S. The van der Waals surface area contributed by atoms with E-state index in [0.717, 1.165) is 15.6 Å². The molecule has 0 bridgehead atoms. The largest absolute Gasteiger partial charge is 0.344 e. The zero-order chi connectivity index (χ0) is 21.6. The normalized spacial score (nSPS) is 11.6. The van der Waals surface area contributed by atoms with E-state index in [-0.39, 0.29) is 29.9 Å². The third-order valence-corrected chi connectivity index (χ3v) is 7.16. The van der Waals surface area contributed by atoms with Crippen LogP contribution in [0.1, 0.15) is 24.1 Å². The van der Waals surface area contributed by atoms with Gasteiger partial charge in [0, 0.05) is 11.0 Å². The number of carbonyl (C=O) groups excluding carboxylic acids is 1. The molecule has 156 valence electrons. The van der Waals surface area contributed by atoms with E-state index in [4.69, 9.17) is 0 Å². The summed E-state index contributed by atoms with van der Waals surface area (Å²) in [6, 6.07) is 25.2. The van der Waals surface area contributed by atoms with Crippen LogP contribution in [0.15, 0.2) is 94.3 Å². The van der Waals surface area contributed by atoms with Crippen LogP contribution in [-0.4, -0.2) is 31.7 Å². The van der Waals surface area contributed by atoms with E-state index in [1.165, 1.54) is 16.4 Å². The van der Waals surface area contributed by atoms with Crippen molar-refractivity contribution in [1.29, 1.82) is 0 Å². The molecule has 0 unspecified atom stereocenters. The molecule has 0 aliphatic heterocycles. The highest BCUT2D eigenvalue weighted by molar-refractivity contribution is 9.10. The van der Waals surface area contributed by atoms with E-state index in [1.54, 1.807) is 19.1 Å². The standard InChI is InChI=1S/C23H23BrN2O3S/c1-2-26(30(28,29)21-15-13-20(24)14-16-21)17-22(27)25-23(18-9-5-3-6-10-18)19-11-7-4-8-12-19/h3-16,23H,2,17H2,1H3,(H,25,27). The van der Waals surface area contributed by atoms with Gasteiger partial charge in [-0.1, -0.05) is 83.5 Å². The van der Waals surface area contributed by atoms with Crippen LogP contribution in [0.5, 0.6) is 0 Å². The van der Waals surface area contributed by atoms with E-state index in [2.05, 4.69) is 21.2 Å². The molecule has 0 aliphatic rings. The van der Waals surface area contributed by atoms with Crippen LogP contribution in [0, 0.1) is 0 Å². The van der Waals surface area contributed by atoms with Gasteiger partial charge in [-0.05, 0) is 35.4 Å². The fourth-order valence-electron chi connectivity index (χ4n) is 3.14. The summed E-state index contributed by atoms with van der Waals surface area (Å²) in [6.45, 7) is 1.65. The third-order valence-electron chi connectivity index (χ3n) is 4.70. The molecule has 0 saturated heterocycles. The zero-order valence-corrected chi connectivity index (χ0v) is 18.9. The second-order valence-electron chi connectivity index (χ2n) is 6.71. The van der Waals surface area contributed by atoms with Crippen molar-refractivity contribution in [2.45, 2.75) is 17.9 Å². The molecule has 0 spiro atoms. The predicted molar refractivity (Wildman–Crippen MR) is 121 cm³/mol. The van der Waals surface area contributed by atoms with Crippen molar-refractivity contribution >= 4 is 31.9 Å². The van der Waals surface area contributed by atoms with E-state index in [0.29, 0.717) is 0 Å². The number of sulfonamides is 1. The van der Waals surface area contributed by atoms with Crippen LogP contribution >= 0.6 is 15.9 Å². The molecule has 0 heterocycles. The van der Waals surface area contributed by atoms with Crippen LogP contribution in [-0.2, 0) is 14.8 Å². The summed E-state index contributed by atoms with van der Waals surface area (Å²) < 4.78 is 27.9. The Morgan fingerprint density at radius 2 is 1.40 bits per heavy atom. The molecule has 3 aromatic carbocycles. The van der Waals surface area contributed by atoms with Gasteiger partial charge in [0.2, 0.25) is 15.9 Å². The van der Waals surface area contributed by atoms with E-state index < -0.39 is 10.0 Å². The Hall–Kier alpha value is -2.48. The molecule has 0 radical (unpaired) electrons. The molecule has 0 saturated carbocycles. The van der Waals surface area contributed by atoms with Gasteiger partial charge in [-0.2, -0.15) is 4.31 Å². The number of nitrogens with one attached hydrogen (secondary N) is 1. The van der Waals surface area contributed by atoms with Gasteiger partial charge in [0.05, 0.1) is 17.5 Å². The summed E-state index contributed by atoms with van der Waals surface area (Å²) in [7, 11) is -3.78. The molecule has 3 aromatic rings. The maximum atomic E-state index is 13.0. The number of likely N-dealkylation sites (N-methyl/N-ethyl adjacent to an activating group) is 1. The first-order valence-corrected chi connectivity index (χ1v) is 11.8. The van der Waals surface area contributed by atoms with Crippen molar-refractivity contribution < 1.29 is 13.2 Å². The lowest BCUT2D eigenvalue weighted by Gasteiger charge is -2.24. The smallest absolute Gasteiger partial charge is 0.243 e. The average Bonchev–Trinajstić information content (AvgIpc) is 2.77. The Kier molecular flexibility index (Phi) is 7.42. The molecule has 1 N–H and O–H groups in total. The number of halogens is 1. The van der Waals surface area contributed by atoms with Gasteiger partial charge in [-0.15, -0.1) is 0 Å². The summed E-state index contributed by atoms with van der Waals surface area (Å²) in [5, 5.41) is 2.99. The predicted octanol–water partition coefficient (Wildman–Crippen LogP) is 4.37. The summed E-state index contributed by atoms with van der Waals surface area (Å²) >= 11 is 3.31. The van der Waals surface area contributed by atoms with E-state index >= 15 is 0 Å². The van der Waals surface area contributed by atoms with Crippen LogP contribution in [0.3, 0.4) is 0 Å². The molecule has 0 fully saturated rings. The lowest BCUT2D eigenvalue weighted by Crippen LogP contribution is -2.42. The molecule has 0 aromatic heterocycles. The Morgan fingerprint density at radius 1 is 0.900 bits per heavy atom. The van der Waals surface area contributed by atoms with Gasteiger partial charge in [-0.25, -0.2) is 8.42 Å². The Labute approximate surface area is 185 Å². The van der Waals surface area contributed by atoms with Crippen LogP contribution in [0.4, 0.5) is 0 Å². The number of nitrogens with zero attached hydrogens (tertiary/aromatic N) is 1. The van der Waals surface area contributed by atoms with Crippen molar-refractivity contribution in [3.63, 3.8) is 0 Å². The first-order chi connectivity index (χ1) is 14.4. The van der Waals surface area contributed by atoms with Crippen molar-refractivity contribution in [2.24, 2.45) is 0 Å². The Bertz CT molecular complexity index is 1030. The van der Waals surface area contributed by atoms with Crippen LogP contribution in [0.25, 0.3) is 0 Å². The summed E-state index contributed by atoms with van der Waals surface area (Å²) in [5.74, 6) is -0.366. The fourth-order valence-corrected chi connectivity index (χ4v) is 4.81. The van der Waals surface area contributed by atoms with Gasteiger partial charge >= 0.3 is 0 Å². The highest BCUT2D eigenvalue weighted by Crippen LogP contribution is 2.22. The van der Waals surface area contributed by atoms with E-state index in [1.807, 2.05) is 60.7 Å². The quantitative estimate of drug-likeness (QED) is 0.514. The molecular weight excluding hydrogens is 464 g/mol. The number of rotatable bonds is 8. The minimum atomic E-state index is -3.78. The number of amides is 1. The van der Waals surface area contributed by atoms with Crippen LogP contribution in [0.2, 0.25) is 0 Å². The summed E-state index contributed by atoms with van der Waals surface area (Å²) in [6.07, 6.45) is 0. The third kappa shape index (κ3) is 5.36.